The van der Waals surface area contributed by atoms with Gasteiger partial charge in [0.1, 0.15) is 0 Å². The first-order chi connectivity index (χ1) is 8.66. The maximum absolute atomic E-state index is 10.9. The maximum Gasteiger partial charge on any atom is 0.248 e. The highest BCUT2D eigenvalue weighted by atomic mass is 16.5. The van der Waals surface area contributed by atoms with Gasteiger partial charge in [-0.25, -0.2) is 0 Å². The van der Waals surface area contributed by atoms with Crippen LogP contribution in [0.4, 0.5) is 0 Å². The zero-order valence-corrected chi connectivity index (χ0v) is 10.5. The second kappa shape index (κ2) is 5.98. The van der Waals surface area contributed by atoms with Gasteiger partial charge in [0.05, 0.1) is 12.7 Å². The molecule has 4 heteroatoms. The third-order valence-electron chi connectivity index (χ3n) is 3.46. The Balaban J connectivity index is 1.87. The quantitative estimate of drug-likeness (QED) is 0.849. The Bertz CT molecular complexity index is 403. The number of carbonyl (C=O) groups excluding carboxylic acids is 1. The smallest absolute Gasteiger partial charge is 0.248 e. The Kier molecular flexibility index (Phi) is 4.33. The molecule has 2 atom stereocenters. The van der Waals surface area contributed by atoms with Gasteiger partial charge in [0.2, 0.25) is 5.91 Å². The van der Waals surface area contributed by atoms with Gasteiger partial charge in [0.15, 0.2) is 0 Å². The van der Waals surface area contributed by atoms with E-state index in [-0.39, 0.29) is 12.1 Å². The minimum absolute atomic E-state index is 0.156. The summed E-state index contributed by atoms with van der Waals surface area (Å²) in [6.45, 7) is 0.539. The van der Waals surface area contributed by atoms with E-state index >= 15 is 0 Å². The minimum atomic E-state index is -0.406. The second-order valence-corrected chi connectivity index (χ2v) is 4.86. The summed E-state index contributed by atoms with van der Waals surface area (Å²) in [5.74, 6) is -0.406. The Labute approximate surface area is 107 Å². The molecule has 1 saturated carbocycles. The predicted molar refractivity (Wildman–Crippen MR) is 70.0 cm³/mol. The fourth-order valence-corrected chi connectivity index (χ4v) is 2.30. The van der Waals surface area contributed by atoms with Crippen LogP contribution in [0.5, 0.6) is 0 Å². The molecule has 1 amide bonds. The van der Waals surface area contributed by atoms with Gasteiger partial charge in [-0.2, -0.15) is 0 Å². The van der Waals surface area contributed by atoms with Crippen LogP contribution >= 0.6 is 0 Å². The van der Waals surface area contributed by atoms with Crippen molar-refractivity contribution in [2.75, 3.05) is 0 Å². The summed E-state index contributed by atoms with van der Waals surface area (Å²) in [4.78, 5) is 10.9. The first-order valence-electron chi connectivity index (χ1n) is 6.43. The standard InChI is InChI=1S/C14H20N2O2/c15-12-3-1-2-4-13(12)18-9-10-5-7-11(8-6-10)14(16)17/h5-8,12-13H,1-4,9,15H2,(H2,16,17). The van der Waals surface area contributed by atoms with Crippen molar-refractivity contribution in [2.45, 2.75) is 44.4 Å². The van der Waals surface area contributed by atoms with Gasteiger partial charge in [0.25, 0.3) is 0 Å². The SMILES string of the molecule is NC(=O)c1ccc(COC2CCCCC2N)cc1. The molecule has 0 heterocycles. The second-order valence-electron chi connectivity index (χ2n) is 4.86. The summed E-state index contributed by atoms with van der Waals surface area (Å²) in [5, 5.41) is 0. The Morgan fingerprint density at radius 2 is 1.89 bits per heavy atom. The molecule has 2 unspecified atom stereocenters. The molecule has 18 heavy (non-hydrogen) atoms. The van der Waals surface area contributed by atoms with Crippen LogP contribution in [-0.4, -0.2) is 18.1 Å². The van der Waals surface area contributed by atoms with E-state index in [0.29, 0.717) is 12.2 Å². The van der Waals surface area contributed by atoms with Crippen molar-refractivity contribution in [3.8, 4) is 0 Å². The summed E-state index contributed by atoms with van der Waals surface area (Å²) >= 11 is 0. The lowest BCUT2D eigenvalue weighted by Crippen LogP contribution is -2.39. The molecule has 0 spiro atoms. The van der Waals surface area contributed by atoms with Crippen LogP contribution in [0.2, 0.25) is 0 Å². The topological polar surface area (TPSA) is 78.3 Å². The number of primary amides is 1. The van der Waals surface area contributed by atoms with Crippen molar-refractivity contribution in [1.29, 1.82) is 0 Å². The first-order valence-corrected chi connectivity index (χ1v) is 6.43. The van der Waals surface area contributed by atoms with E-state index in [9.17, 15) is 4.79 Å². The number of hydrogen-bond donors (Lipinski definition) is 2. The third kappa shape index (κ3) is 3.31. The average molecular weight is 248 g/mol. The van der Waals surface area contributed by atoms with E-state index < -0.39 is 5.91 Å². The van der Waals surface area contributed by atoms with Gasteiger partial charge >= 0.3 is 0 Å². The molecule has 1 aliphatic carbocycles. The molecule has 0 bridgehead atoms. The number of rotatable bonds is 4. The lowest BCUT2D eigenvalue weighted by atomic mass is 9.93. The molecule has 0 aromatic heterocycles. The predicted octanol–water partition coefficient (Wildman–Crippen LogP) is 1.57. The van der Waals surface area contributed by atoms with Gasteiger partial charge < -0.3 is 16.2 Å². The monoisotopic (exact) mass is 248 g/mol. The molecule has 98 valence electrons. The number of amides is 1. The minimum Gasteiger partial charge on any atom is -0.372 e. The van der Waals surface area contributed by atoms with Crippen LogP contribution in [-0.2, 0) is 11.3 Å². The number of hydrogen-bond acceptors (Lipinski definition) is 3. The van der Waals surface area contributed by atoms with Crippen molar-refractivity contribution < 1.29 is 9.53 Å². The highest BCUT2D eigenvalue weighted by molar-refractivity contribution is 5.92. The van der Waals surface area contributed by atoms with Gasteiger partial charge in [-0.05, 0) is 30.5 Å². The molecule has 0 radical (unpaired) electrons. The molecule has 4 N–H and O–H groups in total. The van der Waals surface area contributed by atoms with Crippen molar-refractivity contribution in [2.24, 2.45) is 11.5 Å². The lowest BCUT2D eigenvalue weighted by molar-refractivity contribution is 0.00404. The van der Waals surface area contributed by atoms with Crippen molar-refractivity contribution >= 4 is 5.91 Å². The first kappa shape index (κ1) is 13.1. The van der Waals surface area contributed by atoms with Crippen LogP contribution in [0.15, 0.2) is 24.3 Å². The van der Waals surface area contributed by atoms with Crippen LogP contribution in [0.3, 0.4) is 0 Å². The lowest BCUT2D eigenvalue weighted by Gasteiger charge is -2.28. The zero-order valence-electron chi connectivity index (χ0n) is 10.5. The summed E-state index contributed by atoms with van der Waals surface area (Å²) in [6, 6.07) is 7.34. The van der Waals surface area contributed by atoms with Gasteiger partial charge in [-0.3, -0.25) is 4.79 Å². The number of benzene rings is 1. The van der Waals surface area contributed by atoms with E-state index in [1.54, 1.807) is 12.1 Å². The van der Waals surface area contributed by atoms with Gasteiger partial charge in [-0.15, -0.1) is 0 Å². The van der Waals surface area contributed by atoms with E-state index in [0.717, 1.165) is 18.4 Å². The molecule has 1 aliphatic rings. The number of nitrogens with two attached hydrogens (primary N) is 2. The average Bonchev–Trinajstić information content (AvgIpc) is 2.38. The molecule has 1 aromatic carbocycles. The van der Waals surface area contributed by atoms with Crippen LogP contribution in [0, 0.1) is 0 Å². The molecule has 1 aromatic rings. The Morgan fingerprint density at radius 3 is 2.50 bits per heavy atom. The number of carbonyl (C=O) groups is 1. The fraction of sp³-hybridized carbons (Fsp3) is 0.500. The Morgan fingerprint density at radius 1 is 1.22 bits per heavy atom. The third-order valence-corrected chi connectivity index (χ3v) is 3.46. The van der Waals surface area contributed by atoms with E-state index in [4.69, 9.17) is 16.2 Å². The molecule has 2 rings (SSSR count). The van der Waals surface area contributed by atoms with Crippen LogP contribution < -0.4 is 11.5 Å². The summed E-state index contributed by atoms with van der Waals surface area (Å²) < 4.78 is 5.84. The van der Waals surface area contributed by atoms with Crippen molar-refractivity contribution in [1.82, 2.24) is 0 Å². The fourth-order valence-electron chi connectivity index (χ4n) is 2.30. The van der Waals surface area contributed by atoms with E-state index in [1.807, 2.05) is 12.1 Å². The summed E-state index contributed by atoms with van der Waals surface area (Å²) in [5.41, 5.74) is 12.8. The molecular formula is C14H20N2O2. The molecule has 1 fully saturated rings. The highest BCUT2D eigenvalue weighted by Gasteiger charge is 2.22. The maximum atomic E-state index is 10.9. The van der Waals surface area contributed by atoms with Crippen molar-refractivity contribution in [3.05, 3.63) is 35.4 Å². The highest BCUT2D eigenvalue weighted by Crippen LogP contribution is 2.20. The van der Waals surface area contributed by atoms with Gasteiger partial charge in [-0.1, -0.05) is 25.0 Å². The number of ether oxygens (including phenoxy) is 1. The molecule has 0 saturated heterocycles. The summed E-state index contributed by atoms with van der Waals surface area (Å²) in [6.07, 6.45) is 4.65. The van der Waals surface area contributed by atoms with Gasteiger partial charge in [0, 0.05) is 11.6 Å². The van der Waals surface area contributed by atoms with Crippen LogP contribution in [0.25, 0.3) is 0 Å². The molecule has 0 aliphatic heterocycles. The van der Waals surface area contributed by atoms with E-state index in [2.05, 4.69) is 0 Å². The van der Waals surface area contributed by atoms with Crippen molar-refractivity contribution in [3.63, 3.8) is 0 Å². The largest absolute Gasteiger partial charge is 0.372 e. The zero-order chi connectivity index (χ0) is 13.0. The molecular weight excluding hydrogens is 228 g/mol. The Hall–Kier alpha value is -1.39. The normalized spacial score (nSPS) is 23.8. The van der Waals surface area contributed by atoms with Crippen LogP contribution in [0.1, 0.15) is 41.6 Å². The summed E-state index contributed by atoms with van der Waals surface area (Å²) in [7, 11) is 0. The van der Waals surface area contributed by atoms with E-state index in [1.165, 1.54) is 12.8 Å². The molecule has 4 nitrogen and oxygen atoms in total.